The van der Waals surface area contributed by atoms with E-state index in [1.807, 2.05) is 36.4 Å². The summed E-state index contributed by atoms with van der Waals surface area (Å²) in [6.07, 6.45) is 0. The number of ether oxygens (including phenoxy) is 1. The van der Waals surface area contributed by atoms with Gasteiger partial charge in [0.15, 0.2) is 0 Å². The highest BCUT2D eigenvalue weighted by molar-refractivity contribution is 7.99. The number of aliphatic hydroxyl groups is 1. The Hall–Kier alpha value is -1.49. The van der Waals surface area contributed by atoms with Crippen LogP contribution in [0.3, 0.4) is 0 Å². The monoisotopic (exact) mass is 289 g/mol. The maximum absolute atomic E-state index is 9.35. The van der Waals surface area contributed by atoms with Gasteiger partial charge in [0, 0.05) is 22.6 Å². The lowest BCUT2D eigenvalue weighted by molar-refractivity contribution is 0.276. The van der Waals surface area contributed by atoms with Crippen molar-refractivity contribution in [3.8, 4) is 11.5 Å². The largest absolute Gasteiger partial charge is 0.457 e. The van der Waals surface area contributed by atoms with Crippen molar-refractivity contribution in [1.29, 1.82) is 0 Å². The van der Waals surface area contributed by atoms with Crippen LogP contribution in [0.5, 0.6) is 11.5 Å². The molecule has 106 valence electrons. The molecule has 0 radical (unpaired) electrons. The minimum atomic E-state index is -0.0441. The Kier molecular flexibility index (Phi) is 5.47. The second-order valence-corrected chi connectivity index (χ2v) is 5.54. The molecule has 0 atom stereocenters. The summed E-state index contributed by atoms with van der Waals surface area (Å²) in [5.74, 6) is 2.42. The highest BCUT2D eigenvalue weighted by Gasteiger charge is 2.10. The van der Waals surface area contributed by atoms with Gasteiger partial charge < -0.3 is 15.6 Å². The van der Waals surface area contributed by atoms with Gasteiger partial charge in [-0.15, -0.1) is 11.8 Å². The lowest BCUT2D eigenvalue weighted by atomic mass is 10.2. The van der Waals surface area contributed by atoms with Crippen molar-refractivity contribution in [1.82, 2.24) is 0 Å². The molecule has 0 aliphatic rings. The number of nitrogens with two attached hydrogens (primary N) is 1. The Balaban J connectivity index is 2.35. The van der Waals surface area contributed by atoms with E-state index in [0.717, 1.165) is 27.5 Å². The van der Waals surface area contributed by atoms with Crippen LogP contribution in [0.15, 0.2) is 47.4 Å². The third kappa shape index (κ3) is 3.33. The molecule has 0 saturated carbocycles. The molecule has 0 bridgehead atoms. The van der Waals surface area contributed by atoms with Crippen LogP contribution in [0.1, 0.15) is 18.1 Å². The van der Waals surface area contributed by atoms with Gasteiger partial charge in [-0.05, 0) is 24.0 Å². The molecular weight excluding hydrogens is 270 g/mol. The van der Waals surface area contributed by atoms with Crippen molar-refractivity contribution in [3.63, 3.8) is 0 Å². The molecule has 3 nitrogen and oxygen atoms in total. The van der Waals surface area contributed by atoms with E-state index in [9.17, 15) is 5.11 Å². The molecule has 0 heterocycles. The predicted molar refractivity (Wildman–Crippen MR) is 83.2 cm³/mol. The average Bonchev–Trinajstić information content (AvgIpc) is 2.48. The second kappa shape index (κ2) is 7.33. The Morgan fingerprint density at radius 3 is 2.55 bits per heavy atom. The van der Waals surface area contributed by atoms with Gasteiger partial charge in [-0.3, -0.25) is 0 Å². The summed E-state index contributed by atoms with van der Waals surface area (Å²) in [4.78, 5) is 1.15. The summed E-state index contributed by atoms with van der Waals surface area (Å²) in [6.45, 7) is 2.50. The summed E-state index contributed by atoms with van der Waals surface area (Å²) in [5.41, 5.74) is 7.64. The van der Waals surface area contributed by atoms with Crippen molar-refractivity contribution < 1.29 is 9.84 Å². The first-order chi connectivity index (χ1) is 9.80. The molecule has 0 fully saturated rings. The van der Waals surface area contributed by atoms with Crippen molar-refractivity contribution in [3.05, 3.63) is 53.6 Å². The summed E-state index contributed by atoms with van der Waals surface area (Å²) >= 11 is 1.75. The summed E-state index contributed by atoms with van der Waals surface area (Å²) in [6, 6.07) is 13.4. The fourth-order valence-corrected chi connectivity index (χ4v) is 2.83. The molecule has 0 aromatic heterocycles. The minimum absolute atomic E-state index is 0.0441. The summed E-state index contributed by atoms with van der Waals surface area (Å²) in [5, 5.41) is 9.35. The van der Waals surface area contributed by atoms with Gasteiger partial charge >= 0.3 is 0 Å². The zero-order valence-electron chi connectivity index (χ0n) is 11.5. The van der Waals surface area contributed by atoms with E-state index < -0.39 is 0 Å². The van der Waals surface area contributed by atoms with Gasteiger partial charge in [-0.25, -0.2) is 0 Å². The molecule has 0 saturated heterocycles. The number of hydrogen-bond acceptors (Lipinski definition) is 4. The van der Waals surface area contributed by atoms with Crippen LogP contribution in [0.2, 0.25) is 0 Å². The molecule has 0 amide bonds. The van der Waals surface area contributed by atoms with Gasteiger partial charge in [0.05, 0.1) is 6.61 Å². The Labute approximate surface area is 123 Å². The van der Waals surface area contributed by atoms with Crippen LogP contribution in [0.25, 0.3) is 0 Å². The number of benzene rings is 2. The van der Waals surface area contributed by atoms with Gasteiger partial charge in [-0.2, -0.15) is 0 Å². The Bertz CT molecular complexity index is 572. The number of hydrogen-bond donors (Lipinski definition) is 2. The number of para-hydroxylation sites is 1. The van der Waals surface area contributed by atoms with Crippen molar-refractivity contribution in [2.24, 2.45) is 5.73 Å². The Morgan fingerprint density at radius 2 is 1.85 bits per heavy atom. The fourth-order valence-electron chi connectivity index (χ4n) is 1.99. The first-order valence-corrected chi connectivity index (χ1v) is 7.60. The van der Waals surface area contributed by atoms with Crippen LogP contribution in [-0.2, 0) is 13.2 Å². The van der Waals surface area contributed by atoms with Crippen molar-refractivity contribution in [2.45, 2.75) is 25.0 Å². The van der Waals surface area contributed by atoms with E-state index in [1.165, 1.54) is 0 Å². The lowest BCUT2D eigenvalue weighted by Crippen LogP contribution is -2.02. The third-order valence-corrected chi connectivity index (χ3v) is 3.94. The molecule has 20 heavy (non-hydrogen) atoms. The summed E-state index contributed by atoms with van der Waals surface area (Å²) in [7, 11) is 0. The maximum atomic E-state index is 9.35. The molecular formula is C16H19NO2S. The highest BCUT2D eigenvalue weighted by atomic mass is 32.2. The molecule has 3 N–H and O–H groups in total. The molecule has 2 aromatic carbocycles. The van der Waals surface area contributed by atoms with E-state index in [1.54, 1.807) is 11.8 Å². The van der Waals surface area contributed by atoms with E-state index in [0.29, 0.717) is 12.3 Å². The smallest absolute Gasteiger partial charge is 0.133 e. The minimum Gasteiger partial charge on any atom is -0.457 e. The zero-order valence-corrected chi connectivity index (χ0v) is 12.3. The molecule has 0 aliphatic carbocycles. The maximum Gasteiger partial charge on any atom is 0.133 e. The van der Waals surface area contributed by atoms with E-state index in [-0.39, 0.29) is 6.61 Å². The van der Waals surface area contributed by atoms with Crippen LogP contribution in [-0.4, -0.2) is 10.9 Å². The first-order valence-electron chi connectivity index (χ1n) is 6.61. The van der Waals surface area contributed by atoms with Gasteiger partial charge in [-0.1, -0.05) is 31.2 Å². The zero-order chi connectivity index (χ0) is 14.4. The van der Waals surface area contributed by atoms with Crippen molar-refractivity contribution in [2.75, 3.05) is 5.75 Å². The lowest BCUT2D eigenvalue weighted by Gasteiger charge is -2.15. The number of thioether (sulfide) groups is 1. The number of aliphatic hydroxyl groups excluding tert-OH is 1. The van der Waals surface area contributed by atoms with E-state index in [4.69, 9.17) is 10.5 Å². The Morgan fingerprint density at radius 1 is 1.10 bits per heavy atom. The predicted octanol–water partition coefficient (Wildman–Crippen LogP) is 3.54. The number of rotatable bonds is 6. The molecule has 0 unspecified atom stereocenters. The molecule has 2 rings (SSSR count). The van der Waals surface area contributed by atoms with Crippen molar-refractivity contribution >= 4 is 11.8 Å². The normalized spacial score (nSPS) is 10.6. The first kappa shape index (κ1) is 14.9. The van der Waals surface area contributed by atoms with Gasteiger partial charge in [0.25, 0.3) is 0 Å². The quantitative estimate of drug-likeness (QED) is 0.799. The molecule has 4 heteroatoms. The average molecular weight is 289 g/mol. The fraction of sp³-hybridized carbons (Fsp3) is 0.250. The molecule has 0 spiro atoms. The van der Waals surface area contributed by atoms with Crippen LogP contribution >= 0.6 is 11.8 Å². The van der Waals surface area contributed by atoms with E-state index in [2.05, 4.69) is 13.0 Å². The third-order valence-electron chi connectivity index (χ3n) is 2.96. The molecule has 0 aliphatic heterocycles. The standard InChI is InChI=1S/C16H19NO2S/c1-2-20-16-9-5-8-15(13(16)10-17)19-14-7-4-3-6-12(14)11-18/h3-9,18H,2,10-11,17H2,1H3. The summed E-state index contributed by atoms with van der Waals surface area (Å²) < 4.78 is 5.96. The second-order valence-electron chi connectivity index (χ2n) is 4.24. The van der Waals surface area contributed by atoms with Gasteiger partial charge in [0.1, 0.15) is 11.5 Å². The van der Waals surface area contributed by atoms with Gasteiger partial charge in [0.2, 0.25) is 0 Å². The van der Waals surface area contributed by atoms with Crippen LogP contribution in [0.4, 0.5) is 0 Å². The highest BCUT2D eigenvalue weighted by Crippen LogP contribution is 2.33. The van der Waals surface area contributed by atoms with Crippen LogP contribution in [0, 0.1) is 0 Å². The molecule has 2 aromatic rings. The van der Waals surface area contributed by atoms with Crippen LogP contribution < -0.4 is 10.5 Å². The van der Waals surface area contributed by atoms with E-state index >= 15 is 0 Å². The SMILES string of the molecule is CCSc1cccc(Oc2ccccc2CO)c1CN. The topological polar surface area (TPSA) is 55.5 Å².